The highest BCUT2D eigenvalue weighted by atomic mass is 16.2. The molecule has 3 aromatic rings. The van der Waals surface area contributed by atoms with Crippen molar-refractivity contribution in [2.24, 2.45) is 0 Å². The van der Waals surface area contributed by atoms with Crippen LogP contribution >= 0.6 is 0 Å². The van der Waals surface area contributed by atoms with Crippen LogP contribution in [0.5, 0.6) is 0 Å². The zero-order valence-electron chi connectivity index (χ0n) is 14.2. The number of nitrogens with zero attached hydrogens (tertiary/aromatic N) is 5. The number of hydrogen-bond donors (Lipinski definition) is 3. The summed E-state index contributed by atoms with van der Waals surface area (Å²) in [6.45, 7) is 5.05. The number of carbonyl (C=O) groups is 1. The van der Waals surface area contributed by atoms with Crippen LogP contribution in [0.25, 0.3) is 11.4 Å². The van der Waals surface area contributed by atoms with Crippen molar-refractivity contribution in [2.45, 2.75) is 26.8 Å². The third-order valence-corrected chi connectivity index (χ3v) is 3.62. The molecule has 0 spiro atoms. The molecule has 0 aliphatic heterocycles. The normalized spacial score (nSPS) is 10.6. The van der Waals surface area contributed by atoms with Crippen molar-refractivity contribution in [1.29, 1.82) is 0 Å². The van der Waals surface area contributed by atoms with E-state index in [1.165, 1.54) is 0 Å². The van der Waals surface area contributed by atoms with Gasteiger partial charge in [-0.25, -0.2) is 9.78 Å². The van der Waals surface area contributed by atoms with Gasteiger partial charge in [0.25, 0.3) is 0 Å². The van der Waals surface area contributed by atoms with Crippen LogP contribution in [0.2, 0.25) is 0 Å². The van der Waals surface area contributed by atoms with E-state index in [0.717, 1.165) is 17.8 Å². The van der Waals surface area contributed by atoms with Gasteiger partial charge in [-0.3, -0.25) is 14.8 Å². The van der Waals surface area contributed by atoms with E-state index in [2.05, 4.69) is 35.9 Å². The Labute approximate surface area is 144 Å². The van der Waals surface area contributed by atoms with Gasteiger partial charge >= 0.3 is 6.03 Å². The largest absolute Gasteiger partial charge is 0.337 e. The van der Waals surface area contributed by atoms with Gasteiger partial charge in [-0.05, 0) is 26.0 Å². The van der Waals surface area contributed by atoms with Crippen molar-refractivity contribution in [3.05, 3.63) is 42.2 Å². The van der Waals surface area contributed by atoms with Gasteiger partial charge in [0.2, 0.25) is 0 Å². The summed E-state index contributed by atoms with van der Waals surface area (Å²) in [4.78, 5) is 20.4. The summed E-state index contributed by atoms with van der Waals surface area (Å²) in [6.07, 6.45) is 5.77. The van der Waals surface area contributed by atoms with Crippen LogP contribution in [0.3, 0.4) is 0 Å². The lowest BCUT2D eigenvalue weighted by atomic mass is 10.3. The van der Waals surface area contributed by atoms with E-state index in [1.807, 2.05) is 32.2 Å². The van der Waals surface area contributed by atoms with Gasteiger partial charge in [0, 0.05) is 43.7 Å². The highest BCUT2D eigenvalue weighted by Gasteiger charge is 2.09. The molecule has 3 aromatic heterocycles. The Kier molecular flexibility index (Phi) is 5.03. The zero-order valence-corrected chi connectivity index (χ0v) is 14.2. The smallest absolute Gasteiger partial charge is 0.319 e. The molecule has 3 rings (SSSR count). The Morgan fingerprint density at radius 3 is 3.00 bits per heavy atom. The molecule has 3 heterocycles. The highest BCUT2D eigenvalue weighted by molar-refractivity contribution is 5.89. The highest BCUT2D eigenvalue weighted by Crippen LogP contribution is 2.13. The van der Waals surface area contributed by atoms with E-state index in [9.17, 15) is 4.79 Å². The fourth-order valence-electron chi connectivity index (χ4n) is 2.29. The molecule has 0 bridgehead atoms. The summed E-state index contributed by atoms with van der Waals surface area (Å²) in [5, 5.41) is 16.9. The van der Waals surface area contributed by atoms with Gasteiger partial charge in [0.15, 0.2) is 5.82 Å². The number of amides is 2. The quantitative estimate of drug-likeness (QED) is 0.633. The number of rotatable bonds is 6. The Balaban J connectivity index is 1.49. The van der Waals surface area contributed by atoms with Crippen molar-refractivity contribution >= 4 is 11.7 Å². The van der Waals surface area contributed by atoms with Crippen molar-refractivity contribution in [1.82, 2.24) is 35.3 Å². The molecule has 0 radical (unpaired) electrons. The Morgan fingerprint density at radius 2 is 2.28 bits per heavy atom. The number of aromatic nitrogens is 6. The third-order valence-electron chi connectivity index (χ3n) is 3.62. The molecule has 0 aromatic carbocycles. The lowest BCUT2D eigenvalue weighted by Gasteiger charge is -2.05. The molecular formula is C16H20N8O. The average molecular weight is 340 g/mol. The number of aryl methyl sites for hydroxylation is 2. The molecule has 130 valence electrons. The summed E-state index contributed by atoms with van der Waals surface area (Å²) in [7, 11) is 0. The number of anilines is 1. The molecule has 0 saturated heterocycles. The van der Waals surface area contributed by atoms with E-state index in [1.54, 1.807) is 17.1 Å². The minimum atomic E-state index is -0.272. The van der Waals surface area contributed by atoms with Crippen LogP contribution in [0.15, 0.2) is 30.7 Å². The second kappa shape index (κ2) is 7.56. The maximum atomic E-state index is 12.0. The van der Waals surface area contributed by atoms with Crippen LogP contribution < -0.4 is 10.6 Å². The molecule has 3 N–H and O–H groups in total. The molecule has 0 atom stereocenters. The number of hydrogen-bond acceptors (Lipinski definition) is 5. The Hall–Kier alpha value is -3.23. The van der Waals surface area contributed by atoms with Gasteiger partial charge < -0.3 is 10.6 Å². The number of urea groups is 1. The summed E-state index contributed by atoms with van der Waals surface area (Å²) in [5.74, 6) is 1.30. The first kappa shape index (κ1) is 16.6. The van der Waals surface area contributed by atoms with E-state index in [4.69, 9.17) is 0 Å². The fraction of sp³-hybridized carbons (Fsp3) is 0.312. The Morgan fingerprint density at radius 1 is 1.40 bits per heavy atom. The molecule has 0 saturated carbocycles. The van der Waals surface area contributed by atoms with E-state index in [0.29, 0.717) is 30.3 Å². The number of pyridine rings is 1. The van der Waals surface area contributed by atoms with E-state index < -0.39 is 0 Å². The number of nitrogens with one attached hydrogen (secondary N) is 3. The Bertz CT molecular complexity index is 839. The van der Waals surface area contributed by atoms with Gasteiger partial charge in [-0.1, -0.05) is 0 Å². The van der Waals surface area contributed by atoms with Crippen molar-refractivity contribution < 1.29 is 4.79 Å². The maximum Gasteiger partial charge on any atom is 0.319 e. The van der Waals surface area contributed by atoms with Crippen LogP contribution in [0.1, 0.15) is 18.4 Å². The summed E-state index contributed by atoms with van der Waals surface area (Å²) < 4.78 is 1.78. The minimum absolute atomic E-state index is 0.272. The molecular weight excluding hydrogens is 320 g/mol. The van der Waals surface area contributed by atoms with Crippen LogP contribution in [-0.4, -0.2) is 42.5 Å². The van der Waals surface area contributed by atoms with Gasteiger partial charge in [0.05, 0.1) is 11.4 Å². The van der Waals surface area contributed by atoms with Gasteiger partial charge in [0.1, 0.15) is 5.82 Å². The predicted molar refractivity (Wildman–Crippen MR) is 93.0 cm³/mol. The standard InChI is InChI=1S/C16H20N8O/c1-3-24-10-13(11(2)23-24)19-16(25)18-8-6-14-20-15(22-21-14)12-5-4-7-17-9-12/h4-5,7,9-10H,3,6,8H2,1-2H3,(H2,18,19,25)(H,20,21,22). The predicted octanol–water partition coefficient (Wildman–Crippen LogP) is 1.76. The lowest BCUT2D eigenvalue weighted by Crippen LogP contribution is -2.30. The second-order valence-corrected chi connectivity index (χ2v) is 5.46. The average Bonchev–Trinajstić information content (AvgIpc) is 3.23. The van der Waals surface area contributed by atoms with Crippen molar-refractivity contribution in [3.63, 3.8) is 0 Å². The van der Waals surface area contributed by atoms with Crippen molar-refractivity contribution in [2.75, 3.05) is 11.9 Å². The summed E-state index contributed by atoms with van der Waals surface area (Å²) >= 11 is 0. The molecule has 0 aliphatic carbocycles. The number of H-pyrrole nitrogens is 1. The first-order valence-corrected chi connectivity index (χ1v) is 8.06. The molecule has 2 amide bonds. The molecule has 9 nitrogen and oxygen atoms in total. The fourth-order valence-corrected chi connectivity index (χ4v) is 2.29. The third kappa shape index (κ3) is 4.19. The number of aromatic amines is 1. The first-order chi connectivity index (χ1) is 12.2. The van der Waals surface area contributed by atoms with Crippen LogP contribution in [0.4, 0.5) is 10.5 Å². The first-order valence-electron chi connectivity index (χ1n) is 8.06. The molecule has 0 unspecified atom stereocenters. The monoisotopic (exact) mass is 340 g/mol. The van der Waals surface area contributed by atoms with E-state index >= 15 is 0 Å². The lowest BCUT2D eigenvalue weighted by molar-refractivity contribution is 0.252. The minimum Gasteiger partial charge on any atom is -0.337 e. The topological polar surface area (TPSA) is 113 Å². The second-order valence-electron chi connectivity index (χ2n) is 5.46. The van der Waals surface area contributed by atoms with Crippen molar-refractivity contribution in [3.8, 4) is 11.4 Å². The van der Waals surface area contributed by atoms with Gasteiger partial charge in [-0.2, -0.15) is 10.2 Å². The molecule has 25 heavy (non-hydrogen) atoms. The maximum absolute atomic E-state index is 12.0. The summed E-state index contributed by atoms with van der Waals surface area (Å²) in [6, 6.07) is 3.45. The molecule has 0 fully saturated rings. The molecule has 9 heteroatoms. The van der Waals surface area contributed by atoms with Crippen LogP contribution in [0, 0.1) is 6.92 Å². The summed E-state index contributed by atoms with van der Waals surface area (Å²) in [5.41, 5.74) is 2.34. The van der Waals surface area contributed by atoms with E-state index in [-0.39, 0.29) is 6.03 Å². The molecule has 0 aliphatic rings. The van der Waals surface area contributed by atoms with Gasteiger partial charge in [-0.15, -0.1) is 0 Å². The SMILES string of the molecule is CCn1cc(NC(=O)NCCc2nc(-c3cccnc3)n[nH]2)c(C)n1. The van der Waals surface area contributed by atoms with Crippen LogP contribution in [-0.2, 0) is 13.0 Å². The zero-order chi connectivity index (χ0) is 17.6. The number of carbonyl (C=O) groups excluding carboxylic acids is 1.